The van der Waals surface area contributed by atoms with Gasteiger partial charge in [-0.2, -0.15) is 0 Å². The minimum absolute atomic E-state index is 0.819. The van der Waals surface area contributed by atoms with Gasteiger partial charge in [-0.05, 0) is 107 Å². The third kappa shape index (κ3) is 5.82. The van der Waals surface area contributed by atoms with Gasteiger partial charge in [-0.3, -0.25) is 0 Å². The van der Waals surface area contributed by atoms with Crippen LogP contribution in [0.25, 0.3) is 85.9 Å². The molecule has 13 aromatic rings. The first-order valence-corrected chi connectivity index (χ1v) is 22.0. The Labute approximate surface area is 366 Å². The number of rotatable bonds is 7. The van der Waals surface area contributed by atoms with Crippen LogP contribution in [0.4, 0.5) is 34.1 Å². The van der Waals surface area contributed by atoms with E-state index in [1.54, 1.807) is 0 Å². The molecule has 0 fully saturated rings. The number of benzene rings is 10. The number of para-hydroxylation sites is 3. The van der Waals surface area contributed by atoms with E-state index >= 15 is 0 Å². The number of nitrogens with zero attached hydrogens (tertiary/aromatic N) is 2. The highest BCUT2D eigenvalue weighted by molar-refractivity contribution is 7.25. The summed E-state index contributed by atoms with van der Waals surface area (Å²) in [7, 11) is 0. The summed E-state index contributed by atoms with van der Waals surface area (Å²) in [6.45, 7) is 0. The lowest BCUT2D eigenvalue weighted by molar-refractivity contribution is 0.668. The fourth-order valence-electron chi connectivity index (χ4n) is 9.54. The number of anilines is 6. The third-order valence-corrected chi connectivity index (χ3v) is 13.6. The minimum atomic E-state index is 0.819. The summed E-state index contributed by atoms with van der Waals surface area (Å²) in [5, 5.41) is 9.18. The first-order chi connectivity index (χ1) is 31.2. The van der Waals surface area contributed by atoms with Gasteiger partial charge in [0.1, 0.15) is 22.3 Å². The quantitative estimate of drug-likeness (QED) is 0.160. The van der Waals surface area contributed by atoms with Crippen LogP contribution >= 0.6 is 11.3 Å². The average molecular weight is 825 g/mol. The lowest BCUT2D eigenvalue weighted by Crippen LogP contribution is -2.10. The molecule has 13 rings (SSSR count). The van der Waals surface area contributed by atoms with Crippen LogP contribution in [0.15, 0.2) is 227 Å². The summed E-state index contributed by atoms with van der Waals surface area (Å²) < 4.78 is 16.2. The predicted molar refractivity (Wildman–Crippen MR) is 266 cm³/mol. The normalized spacial score (nSPS) is 11.8. The molecule has 3 heterocycles. The lowest BCUT2D eigenvalue weighted by Gasteiger charge is -2.26. The van der Waals surface area contributed by atoms with E-state index in [2.05, 4.69) is 216 Å². The Morgan fingerprint density at radius 3 is 1.60 bits per heavy atom. The fourth-order valence-corrected chi connectivity index (χ4v) is 10.6. The van der Waals surface area contributed by atoms with Crippen LogP contribution in [0.3, 0.4) is 0 Å². The van der Waals surface area contributed by atoms with Gasteiger partial charge in [0, 0.05) is 93.5 Å². The van der Waals surface area contributed by atoms with Gasteiger partial charge in [0.05, 0.1) is 0 Å². The second-order valence-electron chi connectivity index (χ2n) is 16.1. The smallest absolute Gasteiger partial charge is 0.143 e. The zero-order chi connectivity index (χ0) is 41.4. The van der Waals surface area contributed by atoms with E-state index in [0.717, 1.165) is 89.1 Å². The molecule has 0 radical (unpaired) electrons. The van der Waals surface area contributed by atoms with E-state index in [1.165, 1.54) is 30.9 Å². The van der Waals surface area contributed by atoms with Crippen LogP contribution < -0.4 is 9.80 Å². The molecule has 0 spiro atoms. The topological polar surface area (TPSA) is 32.8 Å². The second-order valence-corrected chi connectivity index (χ2v) is 17.2. The SMILES string of the molecule is c1ccc(N(c2ccc3c(c2)oc2c(-c4cccc5ccccc45)cc(N(c4ccccc4)c4ccc5c(c4)oc4ccccc45)cc23)c2ccc3sc4ccccc4c3c2)cc1. The van der Waals surface area contributed by atoms with E-state index in [4.69, 9.17) is 8.83 Å². The molecule has 0 aliphatic heterocycles. The van der Waals surface area contributed by atoms with E-state index in [1.807, 2.05) is 23.5 Å². The van der Waals surface area contributed by atoms with E-state index < -0.39 is 0 Å². The van der Waals surface area contributed by atoms with Crippen LogP contribution in [0.2, 0.25) is 0 Å². The van der Waals surface area contributed by atoms with Crippen LogP contribution in [-0.2, 0) is 0 Å². The van der Waals surface area contributed by atoms with Crippen molar-refractivity contribution in [2.45, 2.75) is 0 Å². The number of hydrogen-bond acceptors (Lipinski definition) is 5. The molecule has 63 heavy (non-hydrogen) atoms. The van der Waals surface area contributed by atoms with E-state index in [-0.39, 0.29) is 0 Å². The van der Waals surface area contributed by atoms with Crippen molar-refractivity contribution in [1.82, 2.24) is 0 Å². The molecule has 0 bridgehead atoms. The summed E-state index contributed by atoms with van der Waals surface area (Å²) in [5.74, 6) is 0. The predicted octanol–water partition coefficient (Wildman–Crippen LogP) is 17.6. The molecule has 5 heteroatoms. The zero-order valence-electron chi connectivity index (χ0n) is 33.9. The number of fused-ring (bicyclic) bond motifs is 10. The van der Waals surface area contributed by atoms with Gasteiger partial charge >= 0.3 is 0 Å². The molecule has 0 aliphatic rings. The van der Waals surface area contributed by atoms with E-state index in [9.17, 15) is 0 Å². The maximum atomic E-state index is 7.14. The Hall–Kier alpha value is -8.12. The molecule has 0 saturated carbocycles. The van der Waals surface area contributed by atoms with E-state index in [0.29, 0.717) is 0 Å². The van der Waals surface area contributed by atoms with Crippen molar-refractivity contribution in [3.63, 3.8) is 0 Å². The van der Waals surface area contributed by atoms with Crippen LogP contribution in [-0.4, -0.2) is 0 Å². The molecule has 3 aromatic heterocycles. The summed E-state index contributed by atoms with van der Waals surface area (Å²) in [5.41, 5.74) is 11.8. The highest BCUT2D eigenvalue weighted by Gasteiger charge is 2.23. The molecule has 0 aliphatic carbocycles. The summed E-state index contributed by atoms with van der Waals surface area (Å²) in [6.07, 6.45) is 0. The third-order valence-electron chi connectivity index (χ3n) is 12.4. The lowest BCUT2D eigenvalue weighted by atomic mass is 9.95. The van der Waals surface area contributed by atoms with Gasteiger partial charge in [0.25, 0.3) is 0 Å². The molecule has 296 valence electrons. The number of hydrogen-bond donors (Lipinski definition) is 0. The number of thiophene rings is 1. The summed E-state index contributed by atoms with van der Waals surface area (Å²) in [4.78, 5) is 4.66. The first-order valence-electron chi connectivity index (χ1n) is 21.2. The van der Waals surface area contributed by atoms with Gasteiger partial charge in [-0.15, -0.1) is 11.3 Å². The van der Waals surface area contributed by atoms with Crippen molar-refractivity contribution in [2.24, 2.45) is 0 Å². The minimum Gasteiger partial charge on any atom is -0.456 e. The largest absolute Gasteiger partial charge is 0.456 e. The molecule has 0 N–H and O–H groups in total. The highest BCUT2D eigenvalue weighted by atomic mass is 32.1. The molecule has 0 atom stereocenters. The van der Waals surface area contributed by atoms with Crippen LogP contribution in [0.5, 0.6) is 0 Å². The maximum Gasteiger partial charge on any atom is 0.143 e. The summed E-state index contributed by atoms with van der Waals surface area (Å²) in [6, 6.07) is 77.9. The Kier molecular flexibility index (Phi) is 8.05. The molecule has 0 unspecified atom stereocenters. The highest BCUT2D eigenvalue weighted by Crippen LogP contribution is 2.47. The van der Waals surface area contributed by atoms with Crippen molar-refractivity contribution in [3.05, 3.63) is 218 Å². The Bertz CT molecular complexity index is 3880. The molecule has 0 saturated heterocycles. The Balaban J connectivity index is 1.04. The van der Waals surface area contributed by atoms with Gasteiger partial charge in [0.15, 0.2) is 0 Å². The molecular weight excluding hydrogens is 789 g/mol. The Morgan fingerprint density at radius 2 is 0.825 bits per heavy atom. The van der Waals surface area contributed by atoms with Crippen LogP contribution in [0, 0.1) is 0 Å². The zero-order valence-corrected chi connectivity index (χ0v) is 34.7. The molecule has 10 aromatic carbocycles. The van der Waals surface area contributed by atoms with Crippen molar-refractivity contribution in [3.8, 4) is 11.1 Å². The summed E-state index contributed by atoms with van der Waals surface area (Å²) >= 11 is 1.84. The van der Waals surface area contributed by atoms with Crippen molar-refractivity contribution < 1.29 is 8.83 Å². The van der Waals surface area contributed by atoms with Crippen molar-refractivity contribution in [1.29, 1.82) is 0 Å². The van der Waals surface area contributed by atoms with Gasteiger partial charge < -0.3 is 18.6 Å². The number of furan rings is 2. The van der Waals surface area contributed by atoms with Crippen LogP contribution in [0.1, 0.15) is 0 Å². The van der Waals surface area contributed by atoms with Crippen molar-refractivity contribution in [2.75, 3.05) is 9.80 Å². The molecular formula is C58H36N2O2S. The van der Waals surface area contributed by atoms with Gasteiger partial charge in [-0.1, -0.05) is 115 Å². The fraction of sp³-hybridized carbons (Fsp3) is 0. The standard InChI is InChI=1S/C58H36N2O2S/c1-3-16-38(17-4-1)59(40-28-31-57-50(32-40)49-22-10-12-25-56(49)63-57)41-27-30-48-52-34-43(33-51(58(52)62-55(48)36-41)45-23-13-15-37-14-7-8-20-44(37)45)60(39-18-5-2-6-19-39)42-26-29-47-46-21-9-11-24-53(46)61-54(47)35-42/h1-36H. The second kappa shape index (κ2) is 14.2. The van der Waals surface area contributed by atoms with Gasteiger partial charge in [0.2, 0.25) is 0 Å². The molecule has 0 amide bonds. The maximum absolute atomic E-state index is 7.14. The average Bonchev–Trinajstić information content (AvgIpc) is 4.03. The first kappa shape index (κ1) is 35.6. The van der Waals surface area contributed by atoms with Crippen molar-refractivity contribution >= 4 is 120 Å². The molecule has 4 nitrogen and oxygen atoms in total. The Morgan fingerprint density at radius 1 is 0.286 bits per heavy atom. The monoisotopic (exact) mass is 824 g/mol. The van der Waals surface area contributed by atoms with Gasteiger partial charge in [-0.25, -0.2) is 0 Å².